The minimum Gasteiger partial charge on any atom is -0.481 e. The van der Waals surface area contributed by atoms with E-state index in [9.17, 15) is 14.9 Å². The molecule has 0 saturated carbocycles. The molecular formula is C14H18N2O4. The van der Waals surface area contributed by atoms with E-state index in [0.717, 1.165) is 25.2 Å². The summed E-state index contributed by atoms with van der Waals surface area (Å²) in [6, 6.07) is 5.10. The number of carbonyl (C=O) groups is 1. The van der Waals surface area contributed by atoms with Gasteiger partial charge in [-0.1, -0.05) is 6.07 Å². The van der Waals surface area contributed by atoms with E-state index in [1.807, 2.05) is 6.07 Å². The Morgan fingerprint density at radius 2 is 2.30 bits per heavy atom. The van der Waals surface area contributed by atoms with Crippen LogP contribution in [0, 0.1) is 23.0 Å². The first-order valence-electron chi connectivity index (χ1n) is 6.69. The summed E-state index contributed by atoms with van der Waals surface area (Å²) in [5, 5.41) is 19.7. The average molecular weight is 278 g/mol. The highest BCUT2D eigenvalue weighted by Crippen LogP contribution is 2.32. The summed E-state index contributed by atoms with van der Waals surface area (Å²) >= 11 is 0. The van der Waals surface area contributed by atoms with Gasteiger partial charge in [0.2, 0.25) is 0 Å². The largest absolute Gasteiger partial charge is 0.481 e. The first-order valence-corrected chi connectivity index (χ1v) is 6.69. The molecule has 1 aliphatic heterocycles. The van der Waals surface area contributed by atoms with E-state index in [4.69, 9.17) is 5.11 Å². The number of hydrogen-bond donors (Lipinski definition) is 1. The van der Waals surface area contributed by atoms with Crippen LogP contribution in [0.1, 0.15) is 24.8 Å². The SMILES string of the molecule is Cc1c(N2CCC(CCC(=O)O)C2)cccc1[N+](=O)[O-]. The van der Waals surface area contributed by atoms with Crippen molar-refractivity contribution in [3.05, 3.63) is 33.9 Å². The molecule has 0 bridgehead atoms. The number of nitro benzene ring substituents is 1. The summed E-state index contributed by atoms with van der Waals surface area (Å²) in [6.07, 6.45) is 1.79. The van der Waals surface area contributed by atoms with E-state index in [1.54, 1.807) is 13.0 Å². The van der Waals surface area contributed by atoms with Crippen molar-refractivity contribution in [3.8, 4) is 0 Å². The number of nitrogens with zero attached hydrogens (tertiary/aromatic N) is 2. The second-order valence-electron chi connectivity index (χ2n) is 5.21. The Hall–Kier alpha value is -2.11. The molecule has 0 spiro atoms. The molecule has 1 saturated heterocycles. The van der Waals surface area contributed by atoms with E-state index >= 15 is 0 Å². The summed E-state index contributed by atoms with van der Waals surface area (Å²) < 4.78 is 0. The monoisotopic (exact) mass is 278 g/mol. The fourth-order valence-corrected chi connectivity index (χ4v) is 2.77. The number of hydrogen-bond acceptors (Lipinski definition) is 4. The van der Waals surface area contributed by atoms with Crippen LogP contribution in [0.15, 0.2) is 18.2 Å². The Kier molecular flexibility index (Phi) is 4.22. The minimum absolute atomic E-state index is 0.136. The summed E-state index contributed by atoms with van der Waals surface area (Å²) in [4.78, 5) is 23.3. The number of carboxylic acid groups (broad SMARTS) is 1. The summed E-state index contributed by atoms with van der Waals surface area (Å²) in [6.45, 7) is 3.36. The molecule has 0 aliphatic carbocycles. The van der Waals surface area contributed by atoms with Gasteiger partial charge in [-0.3, -0.25) is 14.9 Å². The lowest BCUT2D eigenvalue weighted by Gasteiger charge is -2.20. The van der Waals surface area contributed by atoms with Crippen LogP contribution in [0.25, 0.3) is 0 Å². The molecule has 1 N–H and O–H groups in total. The van der Waals surface area contributed by atoms with Gasteiger partial charge < -0.3 is 10.0 Å². The third-order valence-electron chi connectivity index (χ3n) is 3.87. The van der Waals surface area contributed by atoms with Crippen molar-refractivity contribution in [3.63, 3.8) is 0 Å². The molecule has 6 nitrogen and oxygen atoms in total. The molecule has 20 heavy (non-hydrogen) atoms. The van der Waals surface area contributed by atoms with Gasteiger partial charge in [-0.05, 0) is 31.7 Å². The van der Waals surface area contributed by atoms with Crippen LogP contribution in [0.2, 0.25) is 0 Å². The number of nitro groups is 1. The zero-order valence-corrected chi connectivity index (χ0v) is 11.4. The molecule has 6 heteroatoms. The van der Waals surface area contributed by atoms with Gasteiger partial charge in [0, 0.05) is 31.3 Å². The standard InChI is InChI=1S/C14H18N2O4/c1-10-12(3-2-4-13(10)16(19)20)15-8-7-11(9-15)5-6-14(17)18/h2-4,11H,5-9H2,1H3,(H,17,18). The van der Waals surface area contributed by atoms with Crippen LogP contribution in [0.4, 0.5) is 11.4 Å². The Labute approximate surface area is 117 Å². The number of rotatable bonds is 5. The van der Waals surface area contributed by atoms with Gasteiger partial charge in [-0.2, -0.15) is 0 Å². The highest BCUT2D eigenvalue weighted by atomic mass is 16.6. The Bertz CT molecular complexity index is 530. The Balaban J connectivity index is 2.08. The van der Waals surface area contributed by atoms with Gasteiger partial charge in [0.15, 0.2) is 0 Å². The van der Waals surface area contributed by atoms with Crippen LogP contribution < -0.4 is 4.90 Å². The van der Waals surface area contributed by atoms with Gasteiger partial charge >= 0.3 is 5.97 Å². The molecule has 0 amide bonds. The lowest BCUT2D eigenvalue weighted by Crippen LogP contribution is -2.21. The molecule has 108 valence electrons. The fraction of sp³-hybridized carbons (Fsp3) is 0.500. The normalized spacial score (nSPS) is 18.2. The smallest absolute Gasteiger partial charge is 0.303 e. The van der Waals surface area contributed by atoms with Crippen molar-refractivity contribution in [2.24, 2.45) is 5.92 Å². The molecule has 1 heterocycles. The van der Waals surface area contributed by atoms with Crippen LogP contribution in [0.3, 0.4) is 0 Å². The highest BCUT2D eigenvalue weighted by Gasteiger charge is 2.26. The average Bonchev–Trinajstić information content (AvgIpc) is 2.85. The molecule has 1 atom stereocenters. The van der Waals surface area contributed by atoms with Crippen LogP contribution in [-0.2, 0) is 4.79 Å². The fourth-order valence-electron chi connectivity index (χ4n) is 2.77. The summed E-state index contributed by atoms with van der Waals surface area (Å²) in [7, 11) is 0. The number of aliphatic carboxylic acids is 1. The molecule has 1 aromatic carbocycles. The lowest BCUT2D eigenvalue weighted by atomic mass is 10.0. The van der Waals surface area contributed by atoms with Crippen LogP contribution in [0.5, 0.6) is 0 Å². The maximum Gasteiger partial charge on any atom is 0.303 e. The molecule has 2 rings (SSSR count). The van der Waals surface area contributed by atoms with Gasteiger partial charge in [0.05, 0.1) is 10.5 Å². The third-order valence-corrected chi connectivity index (χ3v) is 3.87. The molecule has 1 unspecified atom stereocenters. The maximum atomic E-state index is 11.0. The van der Waals surface area contributed by atoms with Gasteiger partial charge in [0.25, 0.3) is 5.69 Å². The zero-order valence-electron chi connectivity index (χ0n) is 11.4. The Morgan fingerprint density at radius 3 is 2.95 bits per heavy atom. The number of benzene rings is 1. The zero-order chi connectivity index (χ0) is 14.7. The van der Waals surface area contributed by atoms with Crippen molar-refractivity contribution in [1.29, 1.82) is 0 Å². The van der Waals surface area contributed by atoms with Crippen molar-refractivity contribution >= 4 is 17.3 Å². The van der Waals surface area contributed by atoms with Gasteiger partial charge in [-0.25, -0.2) is 0 Å². The second-order valence-corrected chi connectivity index (χ2v) is 5.21. The van der Waals surface area contributed by atoms with Crippen molar-refractivity contribution in [1.82, 2.24) is 0 Å². The van der Waals surface area contributed by atoms with Gasteiger partial charge in [-0.15, -0.1) is 0 Å². The predicted molar refractivity (Wildman–Crippen MR) is 75.0 cm³/mol. The van der Waals surface area contributed by atoms with Gasteiger partial charge in [0.1, 0.15) is 0 Å². The van der Waals surface area contributed by atoms with Crippen LogP contribution >= 0.6 is 0 Å². The molecule has 1 fully saturated rings. The molecular weight excluding hydrogens is 260 g/mol. The quantitative estimate of drug-likeness (QED) is 0.661. The maximum absolute atomic E-state index is 11.0. The number of carboxylic acids is 1. The predicted octanol–water partition coefficient (Wildman–Crippen LogP) is 2.59. The first kappa shape index (κ1) is 14.3. The topological polar surface area (TPSA) is 83.7 Å². The molecule has 1 aliphatic rings. The van der Waals surface area contributed by atoms with Crippen LogP contribution in [-0.4, -0.2) is 29.1 Å². The lowest BCUT2D eigenvalue weighted by molar-refractivity contribution is -0.385. The van der Waals surface area contributed by atoms with Crippen molar-refractivity contribution < 1.29 is 14.8 Å². The van der Waals surface area contributed by atoms with E-state index in [-0.39, 0.29) is 17.0 Å². The van der Waals surface area contributed by atoms with E-state index in [2.05, 4.69) is 4.90 Å². The van der Waals surface area contributed by atoms with E-state index in [0.29, 0.717) is 17.9 Å². The minimum atomic E-state index is -0.769. The number of anilines is 1. The third kappa shape index (κ3) is 3.07. The highest BCUT2D eigenvalue weighted by molar-refractivity contribution is 5.66. The summed E-state index contributed by atoms with van der Waals surface area (Å²) in [5.41, 5.74) is 1.70. The molecule has 0 radical (unpaired) electrons. The second kappa shape index (κ2) is 5.90. The van der Waals surface area contributed by atoms with E-state index < -0.39 is 5.97 Å². The Morgan fingerprint density at radius 1 is 1.55 bits per heavy atom. The van der Waals surface area contributed by atoms with Crippen molar-refractivity contribution in [2.45, 2.75) is 26.2 Å². The molecule has 1 aromatic rings. The molecule has 0 aromatic heterocycles. The van der Waals surface area contributed by atoms with Crippen molar-refractivity contribution in [2.75, 3.05) is 18.0 Å². The first-order chi connectivity index (χ1) is 9.49. The summed E-state index contributed by atoms with van der Waals surface area (Å²) in [5.74, 6) is -0.417. The van der Waals surface area contributed by atoms with E-state index in [1.165, 1.54) is 6.07 Å².